The minimum absolute atomic E-state index is 0.169. The van der Waals surface area contributed by atoms with E-state index in [1.54, 1.807) is 0 Å². The Morgan fingerprint density at radius 3 is 2.69 bits per heavy atom. The Morgan fingerprint density at radius 1 is 1.44 bits per heavy atom. The summed E-state index contributed by atoms with van der Waals surface area (Å²) in [6.45, 7) is 3.98. The number of rotatable bonds is 3. The van der Waals surface area contributed by atoms with Crippen LogP contribution in [0.5, 0.6) is 0 Å². The largest absolute Gasteiger partial charge is 0.360 e. The van der Waals surface area contributed by atoms with E-state index in [1.807, 2.05) is 13.8 Å². The molecule has 0 radical (unpaired) electrons. The quantitative estimate of drug-likeness (QED) is 0.799. The second-order valence-corrected chi connectivity index (χ2v) is 3.94. The standard InChI is InChI=1S/C11H14F2N2S/c1-3-7(2)14-11(16)15-10-5-4-8(12)6-9(10)13/h4-7H,3H2,1-2H3,(H2,14,15,16)/t7-/m0/s1. The van der Waals surface area contributed by atoms with Crippen LogP contribution in [0.2, 0.25) is 0 Å². The molecule has 88 valence electrons. The molecule has 0 aromatic heterocycles. The number of nitrogens with one attached hydrogen (secondary N) is 2. The van der Waals surface area contributed by atoms with Crippen LogP contribution in [-0.2, 0) is 0 Å². The smallest absolute Gasteiger partial charge is 0.171 e. The lowest BCUT2D eigenvalue weighted by Crippen LogP contribution is -2.35. The van der Waals surface area contributed by atoms with Gasteiger partial charge in [-0.25, -0.2) is 8.78 Å². The number of halogens is 2. The van der Waals surface area contributed by atoms with Gasteiger partial charge in [0, 0.05) is 12.1 Å². The van der Waals surface area contributed by atoms with Crippen molar-refractivity contribution >= 4 is 23.0 Å². The van der Waals surface area contributed by atoms with Crippen molar-refractivity contribution in [3.05, 3.63) is 29.8 Å². The fourth-order valence-corrected chi connectivity index (χ4v) is 1.39. The summed E-state index contributed by atoms with van der Waals surface area (Å²) in [4.78, 5) is 0. The van der Waals surface area contributed by atoms with Gasteiger partial charge in [0.15, 0.2) is 5.11 Å². The SMILES string of the molecule is CC[C@H](C)NC(=S)Nc1ccc(F)cc1F. The minimum atomic E-state index is -0.659. The Labute approximate surface area is 99.0 Å². The van der Waals surface area contributed by atoms with Crippen LogP contribution < -0.4 is 10.6 Å². The zero-order chi connectivity index (χ0) is 12.1. The summed E-state index contributed by atoms with van der Waals surface area (Å²) in [6.07, 6.45) is 0.910. The summed E-state index contributed by atoms with van der Waals surface area (Å²) in [5.41, 5.74) is 0.169. The molecule has 0 amide bonds. The molecule has 0 unspecified atom stereocenters. The number of benzene rings is 1. The Balaban J connectivity index is 2.63. The van der Waals surface area contributed by atoms with Crippen molar-refractivity contribution in [2.24, 2.45) is 0 Å². The van der Waals surface area contributed by atoms with Gasteiger partial charge in [0.25, 0.3) is 0 Å². The van der Waals surface area contributed by atoms with Crippen molar-refractivity contribution in [2.45, 2.75) is 26.3 Å². The molecule has 2 N–H and O–H groups in total. The fourth-order valence-electron chi connectivity index (χ4n) is 1.08. The van der Waals surface area contributed by atoms with Gasteiger partial charge in [-0.1, -0.05) is 6.92 Å². The van der Waals surface area contributed by atoms with Crippen LogP contribution in [0.4, 0.5) is 14.5 Å². The van der Waals surface area contributed by atoms with E-state index in [1.165, 1.54) is 12.1 Å². The van der Waals surface area contributed by atoms with Gasteiger partial charge in [-0.3, -0.25) is 0 Å². The summed E-state index contributed by atoms with van der Waals surface area (Å²) in [6, 6.07) is 3.52. The van der Waals surface area contributed by atoms with Gasteiger partial charge in [-0.2, -0.15) is 0 Å². The van der Waals surface area contributed by atoms with Crippen molar-refractivity contribution in [3.63, 3.8) is 0 Å². The van der Waals surface area contributed by atoms with E-state index < -0.39 is 11.6 Å². The molecule has 1 atom stereocenters. The second kappa shape index (κ2) is 5.75. The van der Waals surface area contributed by atoms with E-state index in [2.05, 4.69) is 10.6 Å². The third-order valence-electron chi connectivity index (χ3n) is 2.17. The normalized spacial score (nSPS) is 12.0. The third-order valence-corrected chi connectivity index (χ3v) is 2.39. The monoisotopic (exact) mass is 244 g/mol. The Bertz CT molecular complexity index is 382. The first-order valence-corrected chi connectivity index (χ1v) is 5.46. The van der Waals surface area contributed by atoms with Crippen LogP contribution in [-0.4, -0.2) is 11.2 Å². The summed E-state index contributed by atoms with van der Waals surface area (Å²) in [5.74, 6) is -1.27. The molecule has 2 nitrogen and oxygen atoms in total. The Hall–Kier alpha value is -1.23. The molecule has 5 heteroatoms. The molecule has 0 spiro atoms. The molecule has 1 aromatic carbocycles. The molecule has 0 aliphatic rings. The van der Waals surface area contributed by atoms with Crippen molar-refractivity contribution in [2.75, 3.05) is 5.32 Å². The molecule has 0 aliphatic carbocycles. The predicted octanol–water partition coefficient (Wildman–Crippen LogP) is 3.05. The molecule has 0 saturated carbocycles. The number of thiocarbonyl (C=S) groups is 1. The summed E-state index contributed by atoms with van der Waals surface area (Å²) in [7, 11) is 0. The van der Waals surface area contributed by atoms with Gasteiger partial charge in [-0.05, 0) is 37.7 Å². The maximum atomic E-state index is 13.2. The third kappa shape index (κ3) is 3.73. The number of hydrogen-bond acceptors (Lipinski definition) is 1. The summed E-state index contributed by atoms with van der Waals surface area (Å²) < 4.78 is 25.9. The second-order valence-electron chi connectivity index (χ2n) is 3.53. The van der Waals surface area contributed by atoms with Gasteiger partial charge < -0.3 is 10.6 Å². The fraction of sp³-hybridized carbons (Fsp3) is 0.364. The van der Waals surface area contributed by atoms with Crippen LogP contribution in [0, 0.1) is 11.6 Å². The predicted molar refractivity (Wildman–Crippen MR) is 65.5 cm³/mol. The zero-order valence-corrected chi connectivity index (χ0v) is 10.00. The van der Waals surface area contributed by atoms with Gasteiger partial charge in [-0.15, -0.1) is 0 Å². The Kier molecular flexibility index (Phi) is 4.61. The first kappa shape index (κ1) is 12.8. The van der Waals surface area contributed by atoms with Crippen LogP contribution in [0.1, 0.15) is 20.3 Å². The average molecular weight is 244 g/mol. The molecule has 0 fully saturated rings. The van der Waals surface area contributed by atoms with E-state index >= 15 is 0 Å². The first-order valence-electron chi connectivity index (χ1n) is 5.05. The van der Waals surface area contributed by atoms with E-state index in [0.29, 0.717) is 5.11 Å². The topological polar surface area (TPSA) is 24.1 Å². The van der Waals surface area contributed by atoms with Crippen LogP contribution in [0.3, 0.4) is 0 Å². The van der Waals surface area contributed by atoms with Gasteiger partial charge in [0.2, 0.25) is 0 Å². The zero-order valence-electron chi connectivity index (χ0n) is 9.18. The first-order chi connectivity index (χ1) is 7.52. The Morgan fingerprint density at radius 2 is 2.12 bits per heavy atom. The molecule has 1 rings (SSSR count). The van der Waals surface area contributed by atoms with Crippen molar-refractivity contribution < 1.29 is 8.78 Å². The van der Waals surface area contributed by atoms with E-state index in [0.717, 1.165) is 12.5 Å². The molecular weight excluding hydrogens is 230 g/mol. The van der Waals surface area contributed by atoms with Gasteiger partial charge in [0.05, 0.1) is 5.69 Å². The van der Waals surface area contributed by atoms with Crippen molar-refractivity contribution in [1.29, 1.82) is 0 Å². The van der Waals surface area contributed by atoms with Gasteiger partial charge >= 0.3 is 0 Å². The lowest BCUT2D eigenvalue weighted by atomic mass is 10.3. The number of hydrogen-bond donors (Lipinski definition) is 2. The van der Waals surface area contributed by atoms with E-state index in [-0.39, 0.29) is 11.7 Å². The van der Waals surface area contributed by atoms with Crippen LogP contribution in [0.15, 0.2) is 18.2 Å². The highest BCUT2D eigenvalue weighted by atomic mass is 32.1. The average Bonchev–Trinajstić information content (AvgIpc) is 2.22. The van der Waals surface area contributed by atoms with Crippen molar-refractivity contribution in [3.8, 4) is 0 Å². The lowest BCUT2D eigenvalue weighted by Gasteiger charge is -2.15. The highest BCUT2D eigenvalue weighted by Gasteiger charge is 2.06. The highest BCUT2D eigenvalue weighted by molar-refractivity contribution is 7.80. The molecule has 0 bridgehead atoms. The summed E-state index contributed by atoms with van der Waals surface area (Å²) >= 11 is 4.99. The molecule has 0 saturated heterocycles. The lowest BCUT2D eigenvalue weighted by molar-refractivity contribution is 0.585. The van der Waals surface area contributed by atoms with Crippen LogP contribution >= 0.6 is 12.2 Å². The molecule has 1 aromatic rings. The van der Waals surface area contributed by atoms with Crippen molar-refractivity contribution in [1.82, 2.24) is 5.32 Å². The molecule has 0 aliphatic heterocycles. The molecular formula is C11H14F2N2S. The van der Waals surface area contributed by atoms with Gasteiger partial charge in [0.1, 0.15) is 11.6 Å². The minimum Gasteiger partial charge on any atom is -0.360 e. The molecule has 16 heavy (non-hydrogen) atoms. The summed E-state index contributed by atoms with van der Waals surface area (Å²) in [5, 5.41) is 5.99. The van der Waals surface area contributed by atoms with E-state index in [9.17, 15) is 8.78 Å². The van der Waals surface area contributed by atoms with E-state index in [4.69, 9.17) is 12.2 Å². The number of anilines is 1. The maximum Gasteiger partial charge on any atom is 0.171 e. The maximum absolute atomic E-state index is 13.2. The molecule has 0 heterocycles. The highest BCUT2D eigenvalue weighted by Crippen LogP contribution is 2.14. The van der Waals surface area contributed by atoms with Crippen LogP contribution in [0.25, 0.3) is 0 Å².